The van der Waals surface area contributed by atoms with Gasteiger partial charge in [0.05, 0.1) is 0 Å². The molecule has 0 rings (SSSR count). The number of nitrogens with two attached hydrogens (primary N) is 1. The maximum atomic E-state index is 10.1. The number of carbonyl (C=O) groups excluding carboxylic acids is 1. The molecule has 0 radical (unpaired) electrons. The van der Waals surface area contributed by atoms with E-state index in [-0.39, 0.29) is 0 Å². The van der Waals surface area contributed by atoms with Crippen molar-refractivity contribution in [3.8, 4) is 0 Å². The maximum Gasteiger partial charge on any atom is 0.312 e. The first kappa shape index (κ1) is 8.62. The van der Waals surface area contributed by atoms with E-state index in [4.69, 9.17) is 5.73 Å². The summed E-state index contributed by atoms with van der Waals surface area (Å²) in [7, 11) is 0. The van der Waals surface area contributed by atoms with Gasteiger partial charge in [0.2, 0.25) is 0 Å². The largest absolute Gasteiger partial charge is 0.352 e. The Bertz CT molecular complexity index is 87.0. The molecule has 0 aromatic carbocycles. The fourth-order valence-corrected chi connectivity index (χ4v) is 0.926. The van der Waals surface area contributed by atoms with Gasteiger partial charge in [-0.05, 0) is 5.75 Å². The lowest BCUT2D eigenvalue weighted by atomic mass is 10.7. The van der Waals surface area contributed by atoms with Gasteiger partial charge in [-0.1, -0.05) is 6.92 Å². The van der Waals surface area contributed by atoms with Crippen molar-refractivity contribution in [1.82, 2.24) is 5.32 Å². The van der Waals surface area contributed by atoms with E-state index in [1.165, 1.54) is 0 Å². The Morgan fingerprint density at radius 1 is 1.78 bits per heavy atom. The monoisotopic (exact) mass is 148 g/mol. The van der Waals surface area contributed by atoms with Crippen LogP contribution in [0.4, 0.5) is 4.79 Å². The van der Waals surface area contributed by atoms with Crippen LogP contribution in [0.5, 0.6) is 0 Å². The molecule has 0 heterocycles. The zero-order valence-electron chi connectivity index (χ0n) is 5.52. The molecule has 0 unspecified atom stereocenters. The lowest BCUT2D eigenvalue weighted by molar-refractivity contribution is 0.249. The second kappa shape index (κ2) is 5.75. The average Bonchev–Trinajstić information content (AvgIpc) is 1.80. The number of carbonyl (C=O) groups is 1. The molecular formula is C5H12N2OS. The van der Waals surface area contributed by atoms with Gasteiger partial charge in [-0.2, -0.15) is 11.8 Å². The number of rotatable bonds is 4. The number of amides is 2. The Labute approximate surface area is 59.4 Å². The summed E-state index contributed by atoms with van der Waals surface area (Å²) in [5, 5.41) is 2.50. The summed E-state index contributed by atoms with van der Waals surface area (Å²) in [5.74, 6) is 2.03. The zero-order chi connectivity index (χ0) is 7.11. The molecule has 2 amide bonds. The lowest BCUT2D eigenvalue weighted by Gasteiger charge is -1.98. The quantitative estimate of drug-likeness (QED) is 0.567. The predicted molar refractivity (Wildman–Crippen MR) is 40.6 cm³/mol. The Kier molecular flexibility index (Phi) is 5.51. The molecule has 0 saturated carbocycles. The Balaban J connectivity index is 2.83. The molecule has 54 valence electrons. The molecule has 0 spiro atoms. The van der Waals surface area contributed by atoms with Gasteiger partial charge in [0.1, 0.15) is 0 Å². The molecule has 0 atom stereocenters. The predicted octanol–water partition coefficient (Wildman–Crippen LogP) is 0.408. The first-order valence-corrected chi connectivity index (χ1v) is 4.04. The summed E-state index contributed by atoms with van der Waals surface area (Å²) in [6.07, 6.45) is 0. The molecule has 9 heavy (non-hydrogen) atoms. The summed E-state index contributed by atoms with van der Waals surface area (Å²) in [6, 6.07) is -0.438. The van der Waals surface area contributed by atoms with Crippen molar-refractivity contribution >= 4 is 17.8 Å². The minimum absolute atomic E-state index is 0.438. The van der Waals surface area contributed by atoms with E-state index < -0.39 is 6.03 Å². The van der Waals surface area contributed by atoms with E-state index in [1.807, 2.05) is 0 Å². The van der Waals surface area contributed by atoms with Crippen molar-refractivity contribution in [1.29, 1.82) is 0 Å². The Hall–Kier alpha value is -0.380. The SMILES string of the molecule is CCSCCNC(N)=O. The minimum Gasteiger partial charge on any atom is -0.352 e. The third kappa shape index (κ3) is 7.62. The normalized spacial score (nSPS) is 9.00. The lowest BCUT2D eigenvalue weighted by Crippen LogP contribution is -2.31. The zero-order valence-corrected chi connectivity index (χ0v) is 6.33. The number of thioether (sulfide) groups is 1. The van der Waals surface area contributed by atoms with Gasteiger partial charge in [0.25, 0.3) is 0 Å². The van der Waals surface area contributed by atoms with Gasteiger partial charge in [-0.3, -0.25) is 0 Å². The van der Waals surface area contributed by atoms with Gasteiger partial charge in [0, 0.05) is 12.3 Å². The van der Waals surface area contributed by atoms with Crippen molar-refractivity contribution in [2.45, 2.75) is 6.92 Å². The topological polar surface area (TPSA) is 55.1 Å². The third-order valence-electron chi connectivity index (χ3n) is 0.750. The second-order valence-corrected chi connectivity index (χ2v) is 2.88. The smallest absolute Gasteiger partial charge is 0.312 e. The first-order valence-electron chi connectivity index (χ1n) is 2.88. The molecule has 4 heteroatoms. The third-order valence-corrected chi connectivity index (χ3v) is 1.65. The summed E-state index contributed by atoms with van der Waals surface area (Å²) in [4.78, 5) is 10.1. The molecule has 0 aliphatic rings. The molecule has 0 aliphatic heterocycles. The van der Waals surface area contributed by atoms with Crippen molar-refractivity contribution < 1.29 is 4.79 Å². The van der Waals surface area contributed by atoms with E-state index >= 15 is 0 Å². The van der Waals surface area contributed by atoms with Crippen LogP contribution in [0.25, 0.3) is 0 Å². The van der Waals surface area contributed by atoms with E-state index in [2.05, 4.69) is 12.2 Å². The highest BCUT2D eigenvalue weighted by molar-refractivity contribution is 7.99. The Morgan fingerprint density at radius 3 is 2.89 bits per heavy atom. The van der Waals surface area contributed by atoms with Crippen LogP contribution >= 0.6 is 11.8 Å². The fraction of sp³-hybridized carbons (Fsp3) is 0.800. The van der Waals surface area contributed by atoms with Crippen LogP contribution in [0, 0.1) is 0 Å². The van der Waals surface area contributed by atoms with Crippen LogP contribution in [0.3, 0.4) is 0 Å². The van der Waals surface area contributed by atoms with Crippen molar-refractivity contribution in [2.75, 3.05) is 18.1 Å². The molecule has 3 N–H and O–H groups in total. The van der Waals surface area contributed by atoms with Crippen LogP contribution in [0.2, 0.25) is 0 Å². The number of primary amides is 1. The number of hydrogen-bond donors (Lipinski definition) is 2. The number of nitrogens with one attached hydrogen (secondary N) is 1. The summed E-state index contributed by atoms with van der Waals surface area (Å²) < 4.78 is 0. The van der Waals surface area contributed by atoms with E-state index in [9.17, 15) is 4.79 Å². The first-order chi connectivity index (χ1) is 4.27. The molecule has 0 fully saturated rings. The molecule has 0 bridgehead atoms. The van der Waals surface area contributed by atoms with Crippen LogP contribution in [-0.4, -0.2) is 24.1 Å². The molecular weight excluding hydrogens is 136 g/mol. The van der Waals surface area contributed by atoms with E-state index in [0.29, 0.717) is 6.54 Å². The fourth-order valence-electron chi connectivity index (χ4n) is 0.391. The van der Waals surface area contributed by atoms with Gasteiger partial charge in [-0.15, -0.1) is 0 Å². The van der Waals surface area contributed by atoms with Crippen molar-refractivity contribution in [2.24, 2.45) is 5.73 Å². The number of hydrogen-bond acceptors (Lipinski definition) is 2. The standard InChI is InChI=1S/C5H12N2OS/c1-2-9-4-3-7-5(6)8/h2-4H2,1H3,(H3,6,7,8). The van der Waals surface area contributed by atoms with Crippen LogP contribution in [-0.2, 0) is 0 Å². The van der Waals surface area contributed by atoms with Crippen LogP contribution in [0.15, 0.2) is 0 Å². The molecule has 0 aromatic heterocycles. The highest BCUT2D eigenvalue weighted by Gasteiger charge is 1.88. The summed E-state index contributed by atoms with van der Waals surface area (Å²) in [6.45, 7) is 2.75. The summed E-state index contributed by atoms with van der Waals surface area (Å²) >= 11 is 1.78. The van der Waals surface area contributed by atoms with Crippen LogP contribution < -0.4 is 11.1 Å². The van der Waals surface area contributed by atoms with E-state index in [1.54, 1.807) is 11.8 Å². The van der Waals surface area contributed by atoms with Crippen molar-refractivity contribution in [3.63, 3.8) is 0 Å². The van der Waals surface area contributed by atoms with Gasteiger partial charge >= 0.3 is 6.03 Å². The highest BCUT2D eigenvalue weighted by atomic mass is 32.2. The Morgan fingerprint density at radius 2 is 2.44 bits per heavy atom. The van der Waals surface area contributed by atoms with E-state index in [0.717, 1.165) is 11.5 Å². The van der Waals surface area contributed by atoms with Crippen molar-refractivity contribution in [3.05, 3.63) is 0 Å². The van der Waals surface area contributed by atoms with Gasteiger partial charge in [0.15, 0.2) is 0 Å². The molecule has 0 aromatic rings. The highest BCUT2D eigenvalue weighted by Crippen LogP contribution is 1.94. The second-order valence-electron chi connectivity index (χ2n) is 1.49. The summed E-state index contributed by atoms with van der Waals surface area (Å²) in [5.41, 5.74) is 4.82. The number of urea groups is 1. The molecule has 3 nitrogen and oxygen atoms in total. The van der Waals surface area contributed by atoms with Crippen LogP contribution in [0.1, 0.15) is 6.92 Å². The average molecular weight is 148 g/mol. The maximum absolute atomic E-state index is 10.1. The molecule has 0 aliphatic carbocycles. The van der Waals surface area contributed by atoms with Gasteiger partial charge in [-0.25, -0.2) is 4.79 Å². The minimum atomic E-state index is -0.438. The van der Waals surface area contributed by atoms with Gasteiger partial charge < -0.3 is 11.1 Å². The molecule has 0 saturated heterocycles.